The van der Waals surface area contributed by atoms with Gasteiger partial charge in [0.1, 0.15) is 0 Å². The molecule has 1 atom stereocenters. The van der Waals surface area contributed by atoms with E-state index in [0.29, 0.717) is 6.54 Å². The first-order valence-corrected chi connectivity index (χ1v) is 4.73. The normalized spacial score (nSPS) is 23.1. The third-order valence-corrected chi connectivity index (χ3v) is 2.87. The number of aliphatic hydroxyl groups is 1. The lowest BCUT2D eigenvalue weighted by molar-refractivity contribution is 0.175. The fourth-order valence-electron chi connectivity index (χ4n) is 1.68. The van der Waals surface area contributed by atoms with Crippen LogP contribution in [-0.2, 0) is 0 Å². The van der Waals surface area contributed by atoms with Gasteiger partial charge in [-0.2, -0.15) is 0 Å². The lowest BCUT2D eigenvalue weighted by Crippen LogP contribution is -2.33. The average Bonchev–Trinajstić information content (AvgIpc) is 2.18. The Morgan fingerprint density at radius 2 is 2.33 bits per heavy atom. The van der Waals surface area contributed by atoms with Gasteiger partial charge >= 0.3 is 0 Å². The molecule has 0 heterocycles. The van der Waals surface area contributed by atoms with Crippen molar-refractivity contribution in [3.05, 3.63) is 11.6 Å². The van der Waals surface area contributed by atoms with Gasteiger partial charge in [0.2, 0.25) is 0 Å². The highest BCUT2D eigenvalue weighted by Gasteiger charge is 2.26. The fraction of sp³-hybridized carbons (Fsp3) is 0.800. The minimum atomic E-state index is -0.152. The topological polar surface area (TPSA) is 46.2 Å². The van der Waals surface area contributed by atoms with E-state index in [0.717, 1.165) is 12.8 Å². The molecule has 2 nitrogen and oxygen atoms in total. The highest BCUT2D eigenvalue weighted by Crippen LogP contribution is 2.32. The maximum absolute atomic E-state index is 9.22. The van der Waals surface area contributed by atoms with E-state index >= 15 is 0 Å². The highest BCUT2D eigenvalue weighted by molar-refractivity contribution is 5.16. The number of rotatable bonds is 3. The van der Waals surface area contributed by atoms with Crippen molar-refractivity contribution < 1.29 is 5.11 Å². The van der Waals surface area contributed by atoms with Crippen molar-refractivity contribution in [3.63, 3.8) is 0 Å². The molecule has 3 N–H and O–H groups in total. The van der Waals surface area contributed by atoms with Crippen LogP contribution in [0.15, 0.2) is 11.6 Å². The Labute approximate surface area is 74.5 Å². The second-order valence-corrected chi connectivity index (χ2v) is 3.90. The molecule has 1 rings (SSSR count). The van der Waals surface area contributed by atoms with Gasteiger partial charge in [0.25, 0.3) is 0 Å². The molecule has 0 aromatic rings. The lowest BCUT2D eigenvalue weighted by Gasteiger charge is -2.31. The van der Waals surface area contributed by atoms with Crippen LogP contribution in [0.2, 0.25) is 0 Å². The van der Waals surface area contributed by atoms with Gasteiger partial charge in [-0.15, -0.1) is 0 Å². The monoisotopic (exact) mass is 169 g/mol. The Balaban J connectivity index is 2.70. The highest BCUT2D eigenvalue weighted by atomic mass is 16.3. The van der Waals surface area contributed by atoms with Crippen molar-refractivity contribution in [2.24, 2.45) is 11.1 Å². The Kier molecular flexibility index (Phi) is 3.29. The molecule has 70 valence electrons. The molecular formula is C10H19NO. The SMILES string of the molecule is CC(CN)(CO)C1=CCCCC1. The van der Waals surface area contributed by atoms with Crippen LogP contribution in [0.5, 0.6) is 0 Å². The van der Waals surface area contributed by atoms with Crippen molar-refractivity contribution in [3.8, 4) is 0 Å². The molecule has 0 amide bonds. The quantitative estimate of drug-likeness (QED) is 0.628. The van der Waals surface area contributed by atoms with Gasteiger partial charge < -0.3 is 10.8 Å². The molecule has 0 saturated heterocycles. The third kappa shape index (κ3) is 1.87. The van der Waals surface area contributed by atoms with E-state index in [1.807, 2.05) is 6.92 Å². The third-order valence-electron chi connectivity index (χ3n) is 2.87. The van der Waals surface area contributed by atoms with Crippen LogP contribution < -0.4 is 5.73 Å². The summed E-state index contributed by atoms with van der Waals surface area (Å²) in [6.07, 6.45) is 7.07. The molecule has 0 spiro atoms. The van der Waals surface area contributed by atoms with Crippen molar-refractivity contribution in [1.29, 1.82) is 0 Å². The summed E-state index contributed by atoms with van der Waals surface area (Å²) in [6.45, 7) is 2.77. The van der Waals surface area contributed by atoms with Gasteiger partial charge in [-0.05, 0) is 25.7 Å². The second-order valence-electron chi connectivity index (χ2n) is 3.90. The Morgan fingerprint density at radius 3 is 2.75 bits per heavy atom. The summed E-state index contributed by atoms with van der Waals surface area (Å²) in [5.74, 6) is 0. The van der Waals surface area contributed by atoms with Crippen molar-refractivity contribution in [2.75, 3.05) is 13.2 Å². The Bertz CT molecular complexity index is 171. The van der Waals surface area contributed by atoms with Gasteiger partial charge in [0.15, 0.2) is 0 Å². The van der Waals surface area contributed by atoms with Crippen molar-refractivity contribution in [1.82, 2.24) is 0 Å². The molecule has 0 fully saturated rings. The van der Waals surface area contributed by atoms with Crippen molar-refractivity contribution in [2.45, 2.75) is 32.6 Å². The summed E-state index contributed by atoms with van der Waals surface area (Å²) < 4.78 is 0. The van der Waals surface area contributed by atoms with Gasteiger partial charge in [0, 0.05) is 12.0 Å². The molecule has 1 unspecified atom stereocenters. The summed E-state index contributed by atoms with van der Waals surface area (Å²) >= 11 is 0. The number of allylic oxidation sites excluding steroid dienone is 1. The molecule has 12 heavy (non-hydrogen) atoms. The maximum Gasteiger partial charge on any atom is 0.0534 e. The van der Waals surface area contributed by atoms with Gasteiger partial charge in [-0.3, -0.25) is 0 Å². The van der Waals surface area contributed by atoms with Crippen molar-refractivity contribution >= 4 is 0 Å². The standard InChI is InChI=1S/C10H19NO/c1-10(7-11,8-12)9-5-3-2-4-6-9/h5,12H,2-4,6-8,11H2,1H3. The average molecular weight is 169 g/mol. The molecule has 1 aliphatic carbocycles. The van der Waals surface area contributed by atoms with Crippen LogP contribution in [0.25, 0.3) is 0 Å². The fourth-order valence-corrected chi connectivity index (χ4v) is 1.68. The predicted octanol–water partition coefficient (Wildman–Crippen LogP) is 1.44. The number of hydrogen-bond donors (Lipinski definition) is 2. The number of nitrogens with two attached hydrogens (primary N) is 1. The minimum Gasteiger partial charge on any atom is -0.395 e. The molecule has 0 bridgehead atoms. The van der Waals surface area contributed by atoms with Crippen LogP contribution in [0.4, 0.5) is 0 Å². The summed E-state index contributed by atoms with van der Waals surface area (Å²) in [4.78, 5) is 0. The van der Waals surface area contributed by atoms with Crippen LogP contribution in [-0.4, -0.2) is 18.3 Å². The van der Waals surface area contributed by atoms with Gasteiger partial charge in [-0.25, -0.2) is 0 Å². The zero-order chi connectivity index (χ0) is 9.03. The minimum absolute atomic E-state index is 0.152. The maximum atomic E-state index is 9.22. The summed E-state index contributed by atoms with van der Waals surface area (Å²) in [5.41, 5.74) is 6.86. The van der Waals surface area contributed by atoms with Crippen LogP contribution in [0, 0.1) is 5.41 Å². The number of hydrogen-bond acceptors (Lipinski definition) is 2. The van der Waals surface area contributed by atoms with Crippen LogP contribution in [0.1, 0.15) is 32.6 Å². The summed E-state index contributed by atoms with van der Waals surface area (Å²) in [6, 6.07) is 0. The van der Waals surface area contributed by atoms with Gasteiger partial charge in [0.05, 0.1) is 6.61 Å². The van der Waals surface area contributed by atoms with Crippen LogP contribution >= 0.6 is 0 Å². The van der Waals surface area contributed by atoms with Gasteiger partial charge in [-0.1, -0.05) is 18.6 Å². The molecule has 0 saturated carbocycles. The van der Waals surface area contributed by atoms with E-state index in [1.54, 1.807) is 0 Å². The van der Waals surface area contributed by atoms with E-state index in [4.69, 9.17) is 5.73 Å². The smallest absolute Gasteiger partial charge is 0.0534 e. The largest absolute Gasteiger partial charge is 0.395 e. The Hall–Kier alpha value is -0.340. The van der Waals surface area contributed by atoms with E-state index in [9.17, 15) is 5.11 Å². The molecular weight excluding hydrogens is 150 g/mol. The molecule has 0 radical (unpaired) electrons. The molecule has 0 aliphatic heterocycles. The van der Waals surface area contributed by atoms with E-state index in [2.05, 4.69) is 6.08 Å². The van der Waals surface area contributed by atoms with E-state index in [-0.39, 0.29) is 12.0 Å². The predicted molar refractivity (Wildman–Crippen MR) is 50.8 cm³/mol. The molecule has 0 aromatic heterocycles. The van der Waals surface area contributed by atoms with Crippen LogP contribution in [0.3, 0.4) is 0 Å². The summed E-state index contributed by atoms with van der Waals surface area (Å²) in [5, 5.41) is 9.22. The molecule has 2 heteroatoms. The molecule has 1 aliphatic rings. The van der Waals surface area contributed by atoms with E-state index in [1.165, 1.54) is 18.4 Å². The zero-order valence-corrected chi connectivity index (χ0v) is 7.84. The lowest BCUT2D eigenvalue weighted by atomic mass is 9.78. The first-order chi connectivity index (χ1) is 5.73. The first kappa shape index (κ1) is 9.75. The molecule has 0 aromatic carbocycles. The Morgan fingerprint density at radius 1 is 1.58 bits per heavy atom. The summed E-state index contributed by atoms with van der Waals surface area (Å²) in [7, 11) is 0. The zero-order valence-electron chi connectivity index (χ0n) is 7.84. The first-order valence-electron chi connectivity index (χ1n) is 4.73. The second kappa shape index (κ2) is 4.06. The number of aliphatic hydroxyl groups excluding tert-OH is 1. The van der Waals surface area contributed by atoms with E-state index < -0.39 is 0 Å².